The zero-order chi connectivity index (χ0) is 17.7. The van der Waals surface area contributed by atoms with Crippen molar-refractivity contribution in [2.75, 3.05) is 31.6 Å². The fraction of sp³-hybridized carbons (Fsp3) is 0.467. The van der Waals surface area contributed by atoms with Crippen LogP contribution in [0.5, 0.6) is 0 Å². The molecular formula is C15H18F3N3O3. The number of nitrogens with one attached hydrogen (secondary N) is 1. The number of rotatable bonds is 5. The van der Waals surface area contributed by atoms with Crippen molar-refractivity contribution in [3.05, 3.63) is 29.8 Å². The Balaban J connectivity index is 1.97. The van der Waals surface area contributed by atoms with Gasteiger partial charge in [0.25, 0.3) is 5.91 Å². The van der Waals surface area contributed by atoms with Crippen LogP contribution in [0.15, 0.2) is 24.3 Å². The third-order valence-electron chi connectivity index (χ3n) is 3.51. The molecule has 1 fully saturated rings. The highest BCUT2D eigenvalue weighted by molar-refractivity contribution is 5.95. The molecule has 0 radical (unpaired) electrons. The lowest BCUT2D eigenvalue weighted by atomic mass is 10.1. The zero-order valence-electron chi connectivity index (χ0n) is 12.8. The molecule has 3 N–H and O–H groups in total. The van der Waals surface area contributed by atoms with Crippen LogP contribution in [0.2, 0.25) is 0 Å². The predicted molar refractivity (Wildman–Crippen MR) is 80.1 cm³/mol. The lowest BCUT2D eigenvalue weighted by Crippen LogP contribution is -2.50. The van der Waals surface area contributed by atoms with Gasteiger partial charge in [0.2, 0.25) is 5.91 Å². The molecule has 132 valence electrons. The van der Waals surface area contributed by atoms with Crippen molar-refractivity contribution in [2.45, 2.75) is 18.7 Å². The van der Waals surface area contributed by atoms with Crippen LogP contribution < -0.4 is 11.1 Å². The summed E-state index contributed by atoms with van der Waals surface area (Å²) in [6.07, 6.45) is -5.71. The summed E-state index contributed by atoms with van der Waals surface area (Å²) in [5.41, 5.74) is 4.56. The van der Waals surface area contributed by atoms with E-state index in [1.807, 2.05) is 0 Å². The fourth-order valence-corrected chi connectivity index (χ4v) is 2.37. The third kappa shape index (κ3) is 4.68. The Labute approximate surface area is 136 Å². The molecule has 0 bridgehead atoms. The third-order valence-corrected chi connectivity index (χ3v) is 3.51. The van der Waals surface area contributed by atoms with E-state index in [4.69, 9.17) is 10.5 Å². The van der Waals surface area contributed by atoms with Crippen LogP contribution in [-0.4, -0.2) is 49.1 Å². The number of hydrogen-bond acceptors (Lipinski definition) is 4. The molecule has 2 amide bonds. The van der Waals surface area contributed by atoms with Crippen LogP contribution in [-0.2, 0) is 20.5 Å². The van der Waals surface area contributed by atoms with E-state index < -0.39 is 23.8 Å². The number of carbonyl (C=O) groups excluding carboxylic acids is 2. The SMILES string of the molecule is NCCN1CCO[C@H](CC(=O)Nc2cccc(C(F)(F)F)c2)C1=O. The summed E-state index contributed by atoms with van der Waals surface area (Å²) in [5, 5.41) is 2.35. The number of nitrogens with zero attached hydrogens (tertiary/aromatic N) is 1. The van der Waals surface area contributed by atoms with Crippen molar-refractivity contribution >= 4 is 17.5 Å². The number of morpholine rings is 1. The largest absolute Gasteiger partial charge is 0.416 e. The van der Waals surface area contributed by atoms with Crippen LogP contribution in [0.4, 0.5) is 18.9 Å². The molecule has 1 saturated heterocycles. The Kier molecular flexibility index (Phi) is 5.79. The van der Waals surface area contributed by atoms with Gasteiger partial charge in [-0.3, -0.25) is 9.59 Å². The molecule has 0 aliphatic carbocycles. The van der Waals surface area contributed by atoms with Gasteiger partial charge >= 0.3 is 6.18 Å². The van der Waals surface area contributed by atoms with Crippen molar-refractivity contribution < 1.29 is 27.5 Å². The van der Waals surface area contributed by atoms with Crippen LogP contribution in [0, 0.1) is 0 Å². The van der Waals surface area contributed by atoms with Gasteiger partial charge in [-0.05, 0) is 18.2 Å². The quantitative estimate of drug-likeness (QED) is 0.840. The highest BCUT2D eigenvalue weighted by Gasteiger charge is 2.32. The molecule has 0 unspecified atom stereocenters. The molecule has 6 nitrogen and oxygen atoms in total. The van der Waals surface area contributed by atoms with Crippen LogP contribution in [0.3, 0.4) is 0 Å². The molecule has 1 atom stereocenters. The van der Waals surface area contributed by atoms with Gasteiger partial charge in [-0.2, -0.15) is 13.2 Å². The number of alkyl halides is 3. The molecule has 1 heterocycles. The first-order valence-corrected chi connectivity index (χ1v) is 7.39. The number of amides is 2. The predicted octanol–water partition coefficient (Wildman–Crippen LogP) is 1.22. The number of anilines is 1. The summed E-state index contributed by atoms with van der Waals surface area (Å²) in [4.78, 5) is 25.6. The summed E-state index contributed by atoms with van der Waals surface area (Å²) in [6.45, 7) is 1.36. The topological polar surface area (TPSA) is 84.7 Å². The maximum Gasteiger partial charge on any atom is 0.416 e. The Morgan fingerprint density at radius 2 is 2.17 bits per heavy atom. The molecule has 0 spiro atoms. The highest BCUT2D eigenvalue weighted by atomic mass is 19.4. The van der Waals surface area contributed by atoms with Crippen molar-refractivity contribution in [3.63, 3.8) is 0 Å². The lowest BCUT2D eigenvalue weighted by Gasteiger charge is -2.31. The van der Waals surface area contributed by atoms with Gasteiger partial charge in [-0.1, -0.05) is 6.07 Å². The zero-order valence-corrected chi connectivity index (χ0v) is 12.8. The van der Waals surface area contributed by atoms with Gasteiger partial charge < -0.3 is 20.7 Å². The van der Waals surface area contributed by atoms with Gasteiger partial charge in [0.15, 0.2) is 0 Å². The smallest absolute Gasteiger partial charge is 0.366 e. The molecule has 0 aromatic heterocycles. The van der Waals surface area contributed by atoms with Crippen molar-refractivity contribution in [1.82, 2.24) is 4.90 Å². The molecule has 1 aromatic rings. The standard InChI is InChI=1S/C15H18F3N3O3/c16-15(17,18)10-2-1-3-11(8-10)20-13(22)9-12-14(23)21(5-4-19)6-7-24-12/h1-3,8,12H,4-7,9,19H2,(H,20,22)/t12-/m1/s1. The number of benzene rings is 1. The van der Waals surface area contributed by atoms with Gasteiger partial charge in [-0.25, -0.2) is 0 Å². The first-order chi connectivity index (χ1) is 11.3. The van der Waals surface area contributed by atoms with Crippen LogP contribution >= 0.6 is 0 Å². The van der Waals surface area contributed by atoms with Crippen molar-refractivity contribution in [2.24, 2.45) is 5.73 Å². The average Bonchev–Trinajstić information content (AvgIpc) is 2.51. The number of hydrogen-bond donors (Lipinski definition) is 2. The molecule has 2 rings (SSSR count). The number of carbonyl (C=O) groups is 2. The summed E-state index contributed by atoms with van der Waals surface area (Å²) < 4.78 is 43.2. The molecule has 24 heavy (non-hydrogen) atoms. The molecule has 0 saturated carbocycles. The maximum absolute atomic E-state index is 12.7. The van der Waals surface area contributed by atoms with Crippen molar-refractivity contribution in [3.8, 4) is 0 Å². The Morgan fingerprint density at radius 3 is 2.83 bits per heavy atom. The monoisotopic (exact) mass is 345 g/mol. The molecular weight excluding hydrogens is 327 g/mol. The minimum atomic E-state index is -4.49. The second-order valence-electron chi connectivity index (χ2n) is 5.30. The molecule has 1 aliphatic heterocycles. The average molecular weight is 345 g/mol. The van der Waals surface area contributed by atoms with Crippen molar-refractivity contribution in [1.29, 1.82) is 0 Å². The van der Waals surface area contributed by atoms with Crippen LogP contribution in [0.25, 0.3) is 0 Å². The summed E-state index contributed by atoms with van der Waals surface area (Å²) in [6, 6.07) is 4.29. The van der Waals surface area contributed by atoms with E-state index >= 15 is 0 Å². The normalized spacial score (nSPS) is 18.6. The van der Waals surface area contributed by atoms with E-state index in [0.717, 1.165) is 12.1 Å². The van der Waals surface area contributed by atoms with E-state index in [-0.39, 0.29) is 24.6 Å². The Bertz CT molecular complexity index is 605. The van der Waals surface area contributed by atoms with E-state index in [1.165, 1.54) is 17.0 Å². The number of nitrogens with two attached hydrogens (primary N) is 1. The minimum absolute atomic E-state index is 0.0110. The van der Waals surface area contributed by atoms with Gasteiger partial charge in [0.1, 0.15) is 6.10 Å². The Hall–Kier alpha value is -2.13. The molecule has 9 heteroatoms. The summed E-state index contributed by atoms with van der Waals surface area (Å²) in [5.74, 6) is -0.937. The number of halogens is 3. The Morgan fingerprint density at radius 1 is 1.42 bits per heavy atom. The highest BCUT2D eigenvalue weighted by Crippen LogP contribution is 2.30. The second kappa shape index (κ2) is 7.63. The van der Waals surface area contributed by atoms with Crippen LogP contribution in [0.1, 0.15) is 12.0 Å². The molecule has 1 aliphatic rings. The van der Waals surface area contributed by atoms with Gasteiger partial charge in [0, 0.05) is 25.3 Å². The van der Waals surface area contributed by atoms with E-state index in [9.17, 15) is 22.8 Å². The maximum atomic E-state index is 12.7. The van der Waals surface area contributed by atoms with Gasteiger partial charge in [0.05, 0.1) is 18.6 Å². The summed E-state index contributed by atoms with van der Waals surface area (Å²) in [7, 11) is 0. The minimum Gasteiger partial charge on any atom is -0.366 e. The van der Waals surface area contributed by atoms with E-state index in [1.54, 1.807) is 0 Å². The first kappa shape index (κ1) is 18.2. The van der Waals surface area contributed by atoms with E-state index in [2.05, 4.69) is 5.32 Å². The van der Waals surface area contributed by atoms with Gasteiger partial charge in [-0.15, -0.1) is 0 Å². The number of ether oxygens (including phenoxy) is 1. The lowest BCUT2D eigenvalue weighted by molar-refractivity contribution is -0.154. The summed E-state index contributed by atoms with van der Waals surface area (Å²) >= 11 is 0. The van der Waals surface area contributed by atoms with E-state index in [0.29, 0.717) is 19.6 Å². The fourth-order valence-electron chi connectivity index (χ4n) is 2.37. The second-order valence-corrected chi connectivity index (χ2v) is 5.30. The molecule has 1 aromatic carbocycles. The first-order valence-electron chi connectivity index (χ1n) is 7.39.